The molecule has 2 aromatic carbocycles. The van der Waals surface area contributed by atoms with Crippen molar-refractivity contribution in [2.75, 3.05) is 11.9 Å². The number of anilines is 1. The highest BCUT2D eigenvalue weighted by Gasteiger charge is 2.34. The quantitative estimate of drug-likeness (QED) is 0.517. The van der Waals surface area contributed by atoms with Gasteiger partial charge in [-0.15, -0.1) is 5.10 Å². The first-order valence-electron chi connectivity index (χ1n) is 8.52. The predicted octanol–water partition coefficient (Wildman–Crippen LogP) is 4.11. The fraction of sp³-hybridized carbons (Fsp3) is 0.158. The van der Waals surface area contributed by atoms with Gasteiger partial charge in [-0.1, -0.05) is 47.7 Å². The molecular formula is C19H16N4O4S. The van der Waals surface area contributed by atoms with Crippen LogP contribution in [0.25, 0.3) is 10.8 Å². The van der Waals surface area contributed by atoms with Crippen LogP contribution in [-0.2, 0) is 9.53 Å². The minimum atomic E-state index is -0.791. The van der Waals surface area contributed by atoms with Crippen LogP contribution in [-0.4, -0.2) is 28.3 Å². The number of nitro groups is 1. The van der Waals surface area contributed by atoms with E-state index in [9.17, 15) is 14.9 Å². The minimum Gasteiger partial charge on any atom is -0.447 e. The van der Waals surface area contributed by atoms with Crippen LogP contribution in [0, 0.1) is 10.1 Å². The minimum absolute atomic E-state index is 0.00978. The number of thiophene rings is 1. The van der Waals surface area contributed by atoms with Crippen LogP contribution in [0.2, 0.25) is 0 Å². The maximum Gasteiger partial charge on any atom is 0.324 e. The summed E-state index contributed by atoms with van der Waals surface area (Å²) in [6.45, 7) is 1.66. The molecule has 0 spiro atoms. The summed E-state index contributed by atoms with van der Waals surface area (Å²) in [5.74, 6) is 0.0328. The number of amides is 1. The van der Waals surface area contributed by atoms with E-state index in [-0.39, 0.29) is 17.5 Å². The van der Waals surface area contributed by atoms with E-state index < -0.39 is 11.2 Å². The summed E-state index contributed by atoms with van der Waals surface area (Å²) in [7, 11) is 0. The highest BCUT2D eigenvalue weighted by atomic mass is 32.1. The van der Waals surface area contributed by atoms with Gasteiger partial charge in [0.25, 0.3) is 0 Å². The molecule has 0 aliphatic carbocycles. The molecule has 9 heteroatoms. The number of ether oxygens (including phenoxy) is 1. The summed E-state index contributed by atoms with van der Waals surface area (Å²) >= 11 is 0.966. The lowest BCUT2D eigenvalue weighted by atomic mass is 10.1. The smallest absolute Gasteiger partial charge is 0.324 e. The number of carbonyl (C=O) groups is 1. The maximum absolute atomic E-state index is 12.0. The van der Waals surface area contributed by atoms with E-state index in [1.54, 1.807) is 6.07 Å². The second kappa shape index (κ2) is 7.28. The van der Waals surface area contributed by atoms with Gasteiger partial charge in [0.15, 0.2) is 0 Å². The molecule has 0 unspecified atom stereocenters. The summed E-state index contributed by atoms with van der Waals surface area (Å²) in [4.78, 5) is 23.0. The summed E-state index contributed by atoms with van der Waals surface area (Å²) in [5, 5.41) is 21.8. The lowest BCUT2D eigenvalue weighted by Gasteiger charge is -2.17. The molecule has 0 bridgehead atoms. The van der Waals surface area contributed by atoms with Gasteiger partial charge in [-0.3, -0.25) is 14.9 Å². The van der Waals surface area contributed by atoms with E-state index in [0.29, 0.717) is 10.8 Å². The molecule has 1 N–H and O–H groups in total. The monoisotopic (exact) mass is 396 g/mol. The van der Waals surface area contributed by atoms with Crippen molar-refractivity contribution in [3.05, 3.63) is 69.6 Å². The summed E-state index contributed by atoms with van der Waals surface area (Å²) in [6, 6.07) is 16.9. The molecule has 1 amide bonds. The van der Waals surface area contributed by atoms with Gasteiger partial charge in [-0.2, -0.15) is 5.01 Å². The van der Waals surface area contributed by atoms with Crippen LogP contribution >= 0.6 is 11.3 Å². The van der Waals surface area contributed by atoms with E-state index in [1.807, 2.05) is 42.5 Å². The van der Waals surface area contributed by atoms with Crippen LogP contribution in [0.3, 0.4) is 0 Å². The Kier molecular flexibility index (Phi) is 4.66. The molecule has 142 valence electrons. The first kappa shape index (κ1) is 17.9. The van der Waals surface area contributed by atoms with Crippen molar-refractivity contribution in [3.8, 4) is 0 Å². The van der Waals surface area contributed by atoms with Crippen LogP contribution < -0.4 is 5.32 Å². The fourth-order valence-electron chi connectivity index (χ4n) is 2.99. The number of hydrazone groups is 1. The third-order valence-corrected chi connectivity index (χ3v) is 5.34. The number of fused-ring (bicyclic) bond motifs is 1. The zero-order chi connectivity index (χ0) is 19.7. The predicted molar refractivity (Wildman–Crippen MR) is 107 cm³/mol. The molecule has 0 saturated heterocycles. The van der Waals surface area contributed by atoms with E-state index in [2.05, 4.69) is 10.4 Å². The summed E-state index contributed by atoms with van der Waals surface area (Å²) in [5.41, 5.74) is 0.925. The number of carbonyl (C=O) groups excluding carboxylic acids is 1. The van der Waals surface area contributed by atoms with E-state index in [1.165, 1.54) is 18.0 Å². The molecule has 1 aliphatic rings. The average Bonchev–Trinajstić information content (AvgIpc) is 3.33. The number of hydrogen-bond donors (Lipinski definition) is 1. The zero-order valence-corrected chi connectivity index (χ0v) is 15.7. The van der Waals surface area contributed by atoms with Crippen molar-refractivity contribution < 1.29 is 14.5 Å². The second-order valence-electron chi connectivity index (χ2n) is 6.14. The molecule has 0 saturated carbocycles. The molecule has 28 heavy (non-hydrogen) atoms. The fourth-order valence-corrected chi connectivity index (χ4v) is 3.83. The van der Waals surface area contributed by atoms with Gasteiger partial charge < -0.3 is 10.1 Å². The highest BCUT2D eigenvalue weighted by Crippen LogP contribution is 2.36. The molecule has 1 aliphatic heterocycles. The number of nitrogens with zero attached hydrogens (tertiary/aromatic N) is 3. The highest BCUT2D eigenvalue weighted by molar-refractivity contribution is 7.15. The Balaban J connectivity index is 1.52. The van der Waals surface area contributed by atoms with Gasteiger partial charge in [0.05, 0.1) is 16.3 Å². The van der Waals surface area contributed by atoms with Crippen molar-refractivity contribution in [2.24, 2.45) is 5.10 Å². The van der Waals surface area contributed by atoms with Crippen molar-refractivity contribution in [3.63, 3.8) is 0 Å². The van der Waals surface area contributed by atoms with Gasteiger partial charge >= 0.3 is 5.00 Å². The first-order chi connectivity index (χ1) is 13.5. The van der Waals surface area contributed by atoms with Gasteiger partial charge in [0, 0.05) is 24.1 Å². The standard InChI is InChI=1S/C19H16N4O4S/c1-12(24)22-19(16-9-10-18(28-16)23(25)26)27-17(21-22)11-20-15-8-4-6-13-5-2-3-7-14(13)15/h2-10,19-20H,11H2,1H3/t19-/m1/s1. The number of benzene rings is 2. The Morgan fingerprint density at radius 3 is 2.79 bits per heavy atom. The summed E-state index contributed by atoms with van der Waals surface area (Å²) < 4.78 is 5.83. The second-order valence-corrected chi connectivity index (χ2v) is 7.23. The SMILES string of the molecule is CC(=O)N1N=C(CNc2cccc3ccccc23)O[C@@H]1c1ccc([N+](=O)[O-])s1. The lowest BCUT2D eigenvalue weighted by molar-refractivity contribution is -0.380. The van der Waals surface area contributed by atoms with Crippen molar-refractivity contribution in [1.82, 2.24) is 5.01 Å². The van der Waals surface area contributed by atoms with Crippen LogP contribution in [0.15, 0.2) is 59.7 Å². The van der Waals surface area contributed by atoms with E-state index in [4.69, 9.17) is 4.74 Å². The molecule has 8 nitrogen and oxygen atoms in total. The van der Waals surface area contributed by atoms with Crippen molar-refractivity contribution in [2.45, 2.75) is 13.2 Å². The first-order valence-corrected chi connectivity index (χ1v) is 9.34. The molecule has 1 atom stereocenters. The largest absolute Gasteiger partial charge is 0.447 e. The number of hydrogen-bond acceptors (Lipinski definition) is 7. The number of nitrogens with one attached hydrogen (secondary N) is 1. The van der Waals surface area contributed by atoms with Gasteiger partial charge in [-0.05, 0) is 17.5 Å². The molecule has 2 heterocycles. The van der Waals surface area contributed by atoms with Crippen LogP contribution in [0.4, 0.5) is 10.7 Å². The Morgan fingerprint density at radius 1 is 1.25 bits per heavy atom. The van der Waals surface area contributed by atoms with Crippen molar-refractivity contribution in [1.29, 1.82) is 0 Å². The molecular weight excluding hydrogens is 380 g/mol. The topological polar surface area (TPSA) is 97.1 Å². The van der Waals surface area contributed by atoms with E-state index >= 15 is 0 Å². The third kappa shape index (κ3) is 3.39. The van der Waals surface area contributed by atoms with Gasteiger partial charge in [0.1, 0.15) is 0 Å². The molecule has 1 aromatic heterocycles. The van der Waals surface area contributed by atoms with Gasteiger partial charge in [-0.25, -0.2) is 0 Å². The Morgan fingerprint density at radius 2 is 2.04 bits per heavy atom. The third-order valence-electron chi connectivity index (χ3n) is 4.27. The molecule has 3 aromatic rings. The van der Waals surface area contributed by atoms with Crippen LogP contribution in [0.1, 0.15) is 18.0 Å². The Hall–Kier alpha value is -3.46. The Labute approximate surface area is 164 Å². The Bertz CT molecular complexity index is 1090. The number of rotatable bonds is 5. The van der Waals surface area contributed by atoms with Gasteiger partial charge in [0.2, 0.25) is 18.0 Å². The van der Waals surface area contributed by atoms with Crippen molar-refractivity contribution >= 4 is 44.6 Å². The summed E-state index contributed by atoms with van der Waals surface area (Å²) in [6.07, 6.45) is -0.791. The zero-order valence-electron chi connectivity index (χ0n) is 14.9. The molecule has 0 radical (unpaired) electrons. The van der Waals surface area contributed by atoms with Crippen LogP contribution in [0.5, 0.6) is 0 Å². The maximum atomic E-state index is 12.0. The lowest BCUT2D eigenvalue weighted by Crippen LogP contribution is -2.24. The normalized spacial score (nSPS) is 16.0. The average molecular weight is 396 g/mol. The molecule has 4 rings (SSSR count). The molecule has 0 fully saturated rings. The van der Waals surface area contributed by atoms with E-state index in [0.717, 1.165) is 27.8 Å².